The molecule has 1 heterocycles. The van der Waals surface area contributed by atoms with Crippen LogP contribution in [0.4, 0.5) is 0 Å². The van der Waals surface area contributed by atoms with Gasteiger partial charge in [0.2, 0.25) is 0 Å². The highest BCUT2D eigenvalue weighted by molar-refractivity contribution is 5.59. The Balaban J connectivity index is 0.000000181. The van der Waals surface area contributed by atoms with E-state index in [-0.39, 0.29) is 5.54 Å². The standard InChI is InChI=1S/C19H20O.C8H13NO/c1-20-19-9-5-4-7-17(19)13-11-15-10-12-16-6-2-3-8-18(16)14-15;1-7-9-8(6-10-7)4-2-3-5-8/h2-9,14H,10-13H2,1H3;9H,1-6H2. The van der Waals surface area contributed by atoms with Crippen molar-refractivity contribution >= 4 is 6.08 Å². The van der Waals surface area contributed by atoms with Gasteiger partial charge in [-0.1, -0.05) is 67.0 Å². The lowest BCUT2D eigenvalue weighted by Crippen LogP contribution is -2.38. The third-order valence-corrected chi connectivity index (χ3v) is 6.53. The minimum absolute atomic E-state index is 0.289. The molecule has 1 saturated heterocycles. The number of hydrogen-bond acceptors (Lipinski definition) is 3. The Kier molecular flexibility index (Phi) is 6.47. The Morgan fingerprint density at radius 3 is 2.53 bits per heavy atom. The van der Waals surface area contributed by atoms with Crippen molar-refractivity contribution < 1.29 is 9.47 Å². The summed E-state index contributed by atoms with van der Waals surface area (Å²) in [5, 5.41) is 3.31. The van der Waals surface area contributed by atoms with E-state index >= 15 is 0 Å². The van der Waals surface area contributed by atoms with Crippen molar-refractivity contribution in [1.82, 2.24) is 5.32 Å². The van der Waals surface area contributed by atoms with Crippen LogP contribution in [0.2, 0.25) is 0 Å². The number of para-hydroxylation sites is 1. The number of methoxy groups -OCH3 is 1. The molecule has 3 heteroatoms. The number of hydrogen-bond donors (Lipinski definition) is 1. The molecular formula is C27H33NO2. The molecule has 2 aromatic rings. The average Bonchev–Trinajstić information content (AvgIpc) is 3.41. The maximum absolute atomic E-state index is 5.42. The predicted octanol–water partition coefficient (Wildman–Crippen LogP) is 6.05. The highest BCUT2D eigenvalue weighted by atomic mass is 16.5. The van der Waals surface area contributed by atoms with Crippen LogP contribution in [0.3, 0.4) is 0 Å². The van der Waals surface area contributed by atoms with Gasteiger partial charge in [0, 0.05) is 0 Å². The van der Waals surface area contributed by atoms with Gasteiger partial charge < -0.3 is 14.8 Å². The number of nitrogens with one attached hydrogen (secondary N) is 1. The van der Waals surface area contributed by atoms with E-state index in [0.29, 0.717) is 0 Å². The zero-order valence-electron chi connectivity index (χ0n) is 18.1. The van der Waals surface area contributed by atoms with Gasteiger partial charge in [0.1, 0.15) is 12.4 Å². The molecule has 0 bridgehead atoms. The lowest BCUT2D eigenvalue weighted by atomic mass is 9.89. The Labute approximate surface area is 180 Å². The van der Waals surface area contributed by atoms with Gasteiger partial charge >= 0.3 is 0 Å². The number of ether oxygens (including phenoxy) is 2. The molecule has 1 aliphatic heterocycles. The lowest BCUT2D eigenvalue weighted by molar-refractivity contribution is 0.226. The van der Waals surface area contributed by atoms with Gasteiger partial charge in [0.25, 0.3) is 0 Å². The highest BCUT2D eigenvalue weighted by Gasteiger charge is 2.39. The van der Waals surface area contributed by atoms with Gasteiger partial charge in [-0.25, -0.2) is 0 Å². The maximum Gasteiger partial charge on any atom is 0.179 e. The van der Waals surface area contributed by atoms with E-state index in [9.17, 15) is 0 Å². The van der Waals surface area contributed by atoms with Crippen molar-refractivity contribution in [2.24, 2.45) is 0 Å². The van der Waals surface area contributed by atoms with Crippen LogP contribution < -0.4 is 10.1 Å². The van der Waals surface area contributed by atoms with Crippen LogP contribution in [0.25, 0.3) is 6.08 Å². The lowest BCUT2D eigenvalue weighted by Gasteiger charge is -2.19. The van der Waals surface area contributed by atoms with E-state index in [0.717, 1.165) is 31.1 Å². The first-order chi connectivity index (χ1) is 14.7. The number of aryl methyl sites for hydroxylation is 2. The first kappa shape index (κ1) is 20.6. The molecule has 1 spiro atoms. The van der Waals surface area contributed by atoms with E-state index in [1.807, 2.05) is 12.1 Å². The molecule has 3 nitrogen and oxygen atoms in total. The van der Waals surface area contributed by atoms with Crippen molar-refractivity contribution in [1.29, 1.82) is 0 Å². The monoisotopic (exact) mass is 403 g/mol. The van der Waals surface area contributed by atoms with Crippen molar-refractivity contribution in [2.45, 2.75) is 56.9 Å². The molecule has 0 aromatic heterocycles. The van der Waals surface area contributed by atoms with Crippen LogP contribution >= 0.6 is 0 Å². The van der Waals surface area contributed by atoms with Crippen molar-refractivity contribution in [2.75, 3.05) is 13.7 Å². The fourth-order valence-corrected chi connectivity index (χ4v) is 4.81. The van der Waals surface area contributed by atoms with Gasteiger partial charge in [0.15, 0.2) is 5.88 Å². The molecule has 158 valence electrons. The fourth-order valence-electron chi connectivity index (χ4n) is 4.81. The van der Waals surface area contributed by atoms with Crippen LogP contribution in [0.15, 0.2) is 66.6 Å². The normalized spacial score (nSPS) is 18.6. The van der Waals surface area contributed by atoms with E-state index < -0.39 is 0 Å². The molecule has 2 fully saturated rings. The smallest absolute Gasteiger partial charge is 0.179 e. The molecule has 2 aliphatic carbocycles. The molecule has 0 unspecified atom stereocenters. The van der Waals surface area contributed by atoms with Gasteiger partial charge in [-0.15, -0.1) is 0 Å². The minimum Gasteiger partial charge on any atom is -0.496 e. The summed E-state index contributed by atoms with van der Waals surface area (Å²) in [6.07, 6.45) is 12.1. The van der Waals surface area contributed by atoms with Crippen molar-refractivity contribution in [3.63, 3.8) is 0 Å². The molecule has 2 aromatic carbocycles. The highest BCUT2D eigenvalue weighted by Crippen LogP contribution is 2.34. The van der Waals surface area contributed by atoms with Crippen LogP contribution in [0, 0.1) is 0 Å². The van der Waals surface area contributed by atoms with Gasteiger partial charge in [-0.3, -0.25) is 0 Å². The van der Waals surface area contributed by atoms with Crippen LogP contribution in [0.5, 0.6) is 5.75 Å². The third kappa shape index (κ3) is 4.89. The van der Waals surface area contributed by atoms with E-state index in [2.05, 4.69) is 54.4 Å². The zero-order chi connectivity index (χ0) is 20.8. The van der Waals surface area contributed by atoms with Crippen LogP contribution in [-0.2, 0) is 17.6 Å². The second-order valence-corrected chi connectivity index (χ2v) is 8.64. The third-order valence-electron chi connectivity index (χ3n) is 6.53. The Bertz CT molecular complexity index is 909. The summed E-state index contributed by atoms with van der Waals surface area (Å²) < 4.78 is 10.7. The second kappa shape index (κ2) is 9.42. The topological polar surface area (TPSA) is 30.5 Å². The number of fused-ring (bicyclic) bond motifs is 1. The molecule has 0 radical (unpaired) electrons. The zero-order valence-corrected chi connectivity index (χ0v) is 18.1. The predicted molar refractivity (Wildman–Crippen MR) is 123 cm³/mol. The number of rotatable bonds is 4. The molecule has 5 rings (SSSR count). The summed E-state index contributed by atoms with van der Waals surface area (Å²) in [6.45, 7) is 4.58. The minimum atomic E-state index is 0.289. The molecule has 30 heavy (non-hydrogen) atoms. The Morgan fingerprint density at radius 2 is 1.77 bits per heavy atom. The second-order valence-electron chi connectivity index (χ2n) is 8.64. The Morgan fingerprint density at radius 1 is 1.00 bits per heavy atom. The van der Waals surface area contributed by atoms with Crippen LogP contribution in [-0.4, -0.2) is 19.3 Å². The van der Waals surface area contributed by atoms with Gasteiger partial charge in [0.05, 0.1) is 12.6 Å². The summed E-state index contributed by atoms with van der Waals surface area (Å²) in [7, 11) is 1.74. The largest absolute Gasteiger partial charge is 0.496 e. The SMILES string of the molecule is C=C1NC2(CCCC2)CO1.COc1ccccc1CCC1=Cc2ccccc2CC1. The summed E-state index contributed by atoms with van der Waals surface area (Å²) in [6, 6.07) is 17.0. The Hall–Kier alpha value is -2.68. The van der Waals surface area contributed by atoms with Crippen molar-refractivity contribution in [3.05, 3.63) is 83.3 Å². The first-order valence-electron chi connectivity index (χ1n) is 11.2. The van der Waals surface area contributed by atoms with Crippen molar-refractivity contribution in [3.8, 4) is 5.75 Å². The fraction of sp³-hybridized carbons (Fsp3) is 0.407. The number of allylic oxidation sites excluding steroid dienone is 1. The van der Waals surface area contributed by atoms with E-state index in [4.69, 9.17) is 9.47 Å². The average molecular weight is 404 g/mol. The molecule has 1 N–H and O–H groups in total. The summed E-state index contributed by atoms with van der Waals surface area (Å²) in [4.78, 5) is 0. The van der Waals surface area contributed by atoms with Crippen LogP contribution in [0.1, 0.15) is 55.2 Å². The van der Waals surface area contributed by atoms with Gasteiger partial charge in [-0.2, -0.15) is 0 Å². The first-order valence-corrected chi connectivity index (χ1v) is 11.2. The quantitative estimate of drug-likeness (QED) is 0.674. The molecule has 1 saturated carbocycles. The molecule has 0 atom stereocenters. The van der Waals surface area contributed by atoms with E-state index in [1.165, 1.54) is 55.2 Å². The summed E-state index contributed by atoms with van der Waals surface area (Å²) >= 11 is 0. The molecule has 0 amide bonds. The van der Waals surface area contributed by atoms with Gasteiger partial charge in [-0.05, 0) is 67.9 Å². The summed E-state index contributed by atoms with van der Waals surface area (Å²) in [5.74, 6) is 1.77. The van der Waals surface area contributed by atoms with E-state index in [1.54, 1.807) is 12.7 Å². The molecule has 3 aliphatic rings. The number of benzene rings is 2. The summed E-state index contributed by atoms with van der Waals surface area (Å²) in [5.41, 5.74) is 6.02. The molecular weight excluding hydrogens is 370 g/mol. The maximum atomic E-state index is 5.42.